The number of hydrogen-bond acceptors (Lipinski definition) is 16. The van der Waals surface area contributed by atoms with Gasteiger partial charge >= 0.3 is 11.9 Å². The van der Waals surface area contributed by atoms with Crippen molar-refractivity contribution in [1.29, 1.82) is 0 Å². The van der Waals surface area contributed by atoms with Crippen molar-refractivity contribution in [3.8, 4) is 23.0 Å². The summed E-state index contributed by atoms with van der Waals surface area (Å²) in [5.74, 6) is -1.28. The van der Waals surface area contributed by atoms with Crippen molar-refractivity contribution in [3.63, 3.8) is 0 Å². The molecule has 0 aliphatic carbocycles. The minimum absolute atomic E-state index is 0.0222. The quantitative estimate of drug-likeness (QED) is 0.0420. The highest BCUT2D eigenvalue weighted by atomic mass is 16.7. The lowest BCUT2D eigenvalue weighted by atomic mass is 9.97. The number of aromatic carboxylic acids is 1. The van der Waals surface area contributed by atoms with Gasteiger partial charge in [0, 0.05) is 0 Å². The average molecular weight is 1180 g/mol. The summed E-state index contributed by atoms with van der Waals surface area (Å²) in [6, 6.07) is 66.7. The van der Waals surface area contributed by atoms with Crippen molar-refractivity contribution in [2.24, 2.45) is 0 Å². The molecule has 87 heavy (non-hydrogen) atoms. The molecule has 2 heterocycles. The van der Waals surface area contributed by atoms with E-state index in [-0.39, 0.29) is 80.4 Å². The highest BCUT2D eigenvalue weighted by molar-refractivity contribution is 5.90. The van der Waals surface area contributed by atoms with Gasteiger partial charge in [-0.25, -0.2) is 9.59 Å². The second-order valence-electron chi connectivity index (χ2n) is 20.7. The van der Waals surface area contributed by atoms with Crippen LogP contribution < -0.4 is 18.9 Å². The van der Waals surface area contributed by atoms with Gasteiger partial charge in [0.05, 0.1) is 71.6 Å². The number of carbonyl (C=O) groups excluding carboxylic acids is 1. The average Bonchev–Trinajstić information content (AvgIpc) is 3.22. The topological polar surface area (TPSA) is 195 Å². The van der Waals surface area contributed by atoms with Crippen LogP contribution in [-0.4, -0.2) is 111 Å². The maximum Gasteiger partial charge on any atom is 0.338 e. The van der Waals surface area contributed by atoms with Crippen molar-refractivity contribution < 1.29 is 81.4 Å². The summed E-state index contributed by atoms with van der Waals surface area (Å²) in [5, 5.41) is 20.8. The van der Waals surface area contributed by atoms with Gasteiger partial charge in [-0.3, -0.25) is 0 Å². The Kier molecular flexibility index (Phi) is 22.1. The molecule has 0 aromatic heterocycles. The molecule has 2 fully saturated rings. The van der Waals surface area contributed by atoms with E-state index in [0.717, 1.165) is 33.4 Å². The van der Waals surface area contributed by atoms with Crippen LogP contribution in [-0.2, 0) is 82.3 Å². The monoisotopic (exact) mass is 1180 g/mol. The van der Waals surface area contributed by atoms with Gasteiger partial charge in [0.15, 0.2) is 23.0 Å². The number of benzene rings is 8. The normalized spacial score (nSPS) is 21.7. The zero-order valence-corrected chi connectivity index (χ0v) is 48.2. The van der Waals surface area contributed by atoms with Gasteiger partial charge in [0.2, 0.25) is 12.6 Å². The SMILES string of the molecule is COc1cc(C(=O)O)ccc1O[C@@H]1O[C@H](COC(=O)c2ccc(O[C@@H]3O[C@H](CO)[C@@H](OCc4ccccc4)[C@@H](OCc4ccccc4)[C@H]3OCc3ccccc3)c(OC)c2)[C@@H](OCc2ccccc2)[C@H](OCc2ccccc2)[C@H]1OCc1ccccc1. The fourth-order valence-electron chi connectivity index (χ4n) is 10.2. The van der Waals surface area contributed by atoms with Gasteiger partial charge in [-0.2, -0.15) is 0 Å². The number of carboxylic acids is 1. The van der Waals surface area contributed by atoms with E-state index in [1.807, 2.05) is 182 Å². The fourth-order valence-corrected chi connectivity index (χ4v) is 10.2. The van der Waals surface area contributed by atoms with Crippen molar-refractivity contribution in [2.45, 2.75) is 101 Å². The predicted octanol–water partition coefficient (Wildman–Crippen LogP) is 11.0. The van der Waals surface area contributed by atoms with Crippen LogP contribution in [0.5, 0.6) is 23.0 Å². The first-order chi connectivity index (χ1) is 42.7. The molecule has 452 valence electrons. The highest BCUT2D eigenvalue weighted by Gasteiger charge is 2.52. The molecule has 2 saturated heterocycles. The zero-order valence-electron chi connectivity index (χ0n) is 48.2. The first-order valence-corrected chi connectivity index (χ1v) is 28.7. The largest absolute Gasteiger partial charge is 0.493 e. The molecule has 10 rings (SSSR count). The zero-order chi connectivity index (χ0) is 60.2. The van der Waals surface area contributed by atoms with Crippen LogP contribution in [0.1, 0.15) is 54.1 Å². The van der Waals surface area contributed by atoms with Crippen LogP contribution in [0, 0.1) is 0 Å². The van der Waals surface area contributed by atoms with E-state index in [9.17, 15) is 19.8 Å². The van der Waals surface area contributed by atoms with E-state index < -0.39 is 80.0 Å². The summed E-state index contributed by atoms with van der Waals surface area (Å²) in [6.45, 7) is 0.0909. The molecule has 8 aromatic carbocycles. The Hall–Kier alpha value is -8.46. The Morgan fingerprint density at radius 1 is 0.379 bits per heavy atom. The molecular formula is C70H70O17. The number of esters is 1. The lowest BCUT2D eigenvalue weighted by Gasteiger charge is -2.45. The summed E-state index contributed by atoms with van der Waals surface area (Å²) in [5.41, 5.74) is 5.38. The third-order valence-corrected chi connectivity index (χ3v) is 14.7. The number of hydrogen-bond donors (Lipinski definition) is 2. The van der Waals surface area contributed by atoms with Crippen LogP contribution in [0.3, 0.4) is 0 Å². The molecule has 0 bridgehead atoms. The smallest absolute Gasteiger partial charge is 0.338 e. The van der Waals surface area contributed by atoms with Gasteiger partial charge in [0.25, 0.3) is 0 Å². The summed E-state index contributed by atoms with van der Waals surface area (Å²) in [7, 11) is 2.85. The molecule has 8 aromatic rings. The van der Waals surface area contributed by atoms with Crippen LogP contribution in [0.15, 0.2) is 218 Å². The summed E-state index contributed by atoms with van der Waals surface area (Å²) >= 11 is 0. The number of ether oxygens (including phenoxy) is 13. The molecule has 17 nitrogen and oxygen atoms in total. The van der Waals surface area contributed by atoms with E-state index in [4.69, 9.17) is 61.6 Å². The number of rotatable bonds is 29. The fraction of sp³-hybridized carbons (Fsp3) is 0.286. The van der Waals surface area contributed by atoms with E-state index in [2.05, 4.69) is 0 Å². The standard InChI is InChI=1S/C70H70O17/c1-75-57-37-53(67(72)73)33-35-55(57)85-70-66(82-45-52-31-19-8-20-32-52)64(80-43-50-27-15-6-16-28-50)62(78-41-48-23-11-4-12-24-48)60(87-70)46-83-68(74)54-34-36-56(58(38-54)76-2)84-69-65(81-44-51-29-17-7-18-30-51)63(79-42-49-25-13-5-14-26-49)61(59(39-71)86-69)77-40-47-21-9-3-10-22-47/h3-38,59-66,69-71H,39-46H2,1-2H3,(H,72,73)/t59-,60-,61-,62-,63-,64+,65-,66-,69-,70-/m1/s1. The highest BCUT2D eigenvalue weighted by Crippen LogP contribution is 2.38. The Bertz CT molecular complexity index is 3360. The molecule has 2 N–H and O–H groups in total. The van der Waals surface area contributed by atoms with Crippen molar-refractivity contribution >= 4 is 11.9 Å². The number of carboxylic acid groups (broad SMARTS) is 1. The first-order valence-electron chi connectivity index (χ1n) is 28.7. The third-order valence-electron chi connectivity index (χ3n) is 14.7. The molecule has 0 saturated carbocycles. The second kappa shape index (κ2) is 31.3. The number of aliphatic hydroxyl groups is 1. The minimum atomic E-state index is -1.28. The Morgan fingerprint density at radius 2 is 0.690 bits per heavy atom. The Morgan fingerprint density at radius 3 is 1.03 bits per heavy atom. The predicted molar refractivity (Wildman–Crippen MR) is 319 cm³/mol. The van der Waals surface area contributed by atoms with Gasteiger partial charge in [-0.1, -0.05) is 182 Å². The van der Waals surface area contributed by atoms with E-state index in [1.54, 1.807) is 6.07 Å². The minimum Gasteiger partial charge on any atom is -0.493 e. The van der Waals surface area contributed by atoms with Crippen LogP contribution in [0.25, 0.3) is 0 Å². The molecule has 2 aliphatic heterocycles. The van der Waals surface area contributed by atoms with Crippen molar-refractivity contribution in [1.82, 2.24) is 0 Å². The summed E-state index contributed by atoms with van der Waals surface area (Å²) < 4.78 is 85.1. The molecule has 0 radical (unpaired) electrons. The first kappa shape index (κ1) is 61.6. The van der Waals surface area contributed by atoms with E-state index >= 15 is 0 Å². The van der Waals surface area contributed by atoms with Crippen LogP contribution >= 0.6 is 0 Å². The van der Waals surface area contributed by atoms with E-state index in [1.165, 1.54) is 44.6 Å². The maximum atomic E-state index is 14.5. The van der Waals surface area contributed by atoms with Gasteiger partial charge < -0.3 is 71.8 Å². The maximum absolute atomic E-state index is 14.5. The lowest BCUT2D eigenvalue weighted by Crippen LogP contribution is -2.62. The Labute approximate surface area is 505 Å². The van der Waals surface area contributed by atoms with E-state index in [0.29, 0.717) is 0 Å². The summed E-state index contributed by atoms with van der Waals surface area (Å²) in [6.07, 6.45) is -9.98. The van der Waals surface area contributed by atoms with Gasteiger partial charge in [-0.05, 0) is 69.8 Å². The molecule has 0 unspecified atom stereocenters. The lowest BCUT2D eigenvalue weighted by molar-refractivity contribution is -0.308. The molecule has 0 spiro atoms. The molecule has 17 heteroatoms. The number of carbonyl (C=O) groups is 2. The van der Waals surface area contributed by atoms with Crippen LogP contribution in [0.2, 0.25) is 0 Å². The number of methoxy groups -OCH3 is 2. The van der Waals surface area contributed by atoms with Gasteiger partial charge in [-0.15, -0.1) is 0 Å². The Balaban J connectivity index is 0.939. The van der Waals surface area contributed by atoms with Crippen molar-refractivity contribution in [2.75, 3.05) is 27.4 Å². The molecular weight excluding hydrogens is 1110 g/mol. The third kappa shape index (κ3) is 16.7. The second-order valence-corrected chi connectivity index (χ2v) is 20.7. The van der Waals surface area contributed by atoms with Crippen LogP contribution in [0.4, 0.5) is 0 Å². The summed E-state index contributed by atoms with van der Waals surface area (Å²) in [4.78, 5) is 26.6. The molecule has 0 amide bonds. The van der Waals surface area contributed by atoms with Gasteiger partial charge in [0.1, 0.15) is 55.4 Å². The molecule has 2 aliphatic rings. The molecule has 10 atom stereocenters. The van der Waals surface area contributed by atoms with Crippen molar-refractivity contribution in [3.05, 3.63) is 263 Å². The number of aliphatic hydroxyl groups excluding tert-OH is 1.